The summed E-state index contributed by atoms with van der Waals surface area (Å²) >= 11 is 1.74. The van der Waals surface area contributed by atoms with Crippen LogP contribution in [0.4, 0.5) is 0 Å². The average Bonchev–Trinajstić information content (AvgIpc) is 2.52. The summed E-state index contributed by atoms with van der Waals surface area (Å²) in [7, 11) is -0.137. The lowest BCUT2D eigenvalue weighted by Crippen LogP contribution is -2.46. The van der Waals surface area contributed by atoms with Gasteiger partial charge in [-0.25, -0.2) is 0 Å². The van der Waals surface area contributed by atoms with Crippen molar-refractivity contribution in [1.29, 1.82) is 0 Å². The lowest BCUT2D eigenvalue weighted by molar-refractivity contribution is 0.0346. The van der Waals surface area contributed by atoms with Crippen molar-refractivity contribution >= 4 is 23.2 Å². The van der Waals surface area contributed by atoms with Crippen LogP contribution >= 0.6 is 11.3 Å². The molecule has 0 spiro atoms. The van der Waals surface area contributed by atoms with E-state index in [1.807, 2.05) is 0 Å². The Morgan fingerprint density at radius 3 is 2.43 bits per heavy atom. The Bertz CT molecular complexity index is 312. The number of hydrogen-bond acceptors (Lipinski definition) is 3. The highest BCUT2D eigenvalue weighted by atomic mass is 32.1. The molecule has 2 rings (SSSR count). The van der Waals surface area contributed by atoms with Gasteiger partial charge < -0.3 is 9.31 Å². The third-order valence-corrected chi connectivity index (χ3v) is 3.27. The molecule has 76 valence electrons. The Kier molecular flexibility index (Phi) is 2.69. The number of thiophene rings is 1. The quantitative estimate of drug-likeness (QED) is 0.658. The first-order valence-electron chi connectivity index (χ1n) is 4.86. The summed E-state index contributed by atoms with van der Waals surface area (Å²) < 4.78 is 12.5. The monoisotopic (exact) mass is 210 g/mol. The molecule has 0 unspecified atom stereocenters. The van der Waals surface area contributed by atoms with Gasteiger partial charge in [-0.1, -0.05) is 19.9 Å². The molecule has 1 fully saturated rings. The van der Waals surface area contributed by atoms with Crippen LogP contribution in [0.3, 0.4) is 0 Å². The summed E-state index contributed by atoms with van der Waals surface area (Å²) in [6.45, 7) is 7.95. The minimum atomic E-state index is -0.137. The van der Waals surface area contributed by atoms with Gasteiger partial charge in [-0.05, 0) is 13.0 Å². The molecule has 0 saturated carbocycles. The van der Waals surface area contributed by atoms with E-state index in [-0.39, 0.29) is 12.5 Å². The Morgan fingerprint density at radius 2 is 1.93 bits per heavy atom. The molecule has 0 atom stereocenters. The first kappa shape index (κ1) is 10.2. The van der Waals surface area contributed by atoms with Crippen LogP contribution < -0.4 is 4.78 Å². The van der Waals surface area contributed by atoms with Gasteiger partial charge in [0.05, 0.1) is 0 Å². The van der Waals surface area contributed by atoms with Crippen LogP contribution in [-0.2, 0) is 9.31 Å². The van der Waals surface area contributed by atoms with Crippen molar-refractivity contribution in [2.75, 3.05) is 13.2 Å². The highest BCUT2D eigenvalue weighted by Crippen LogP contribution is 2.22. The van der Waals surface area contributed by atoms with Crippen molar-refractivity contribution in [3.05, 3.63) is 17.0 Å². The van der Waals surface area contributed by atoms with Gasteiger partial charge in [-0.15, -0.1) is 11.3 Å². The fraction of sp³-hybridized carbons (Fsp3) is 0.600. The van der Waals surface area contributed by atoms with Gasteiger partial charge in [0.2, 0.25) is 0 Å². The minimum Gasteiger partial charge on any atom is -0.406 e. The molecular formula is C10H15BO2S. The Morgan fingerprint density at radius 1 is 1.29 bits per heavy atom. The van der Waals surface area contributed by atoms with Gasteiger partial charge in [0.1, 0.15) is 0 Å². The van der Waals surface area contributed by atoms with E-state index in [2.05, 4.69) is 32.9 Å². The molecule has 1 aromatic rings. The minimum absolute atomic E-state index is 0.137. The summed E-state index contributed by atoms with van der Waals surface area (Å²) in [6.07, 6.45) is 0. The Balaban J connectivity index is 2.02. The van der Waals surface area contributed by atoms with Gasteiger partial charge in [-0.2, -0.15) is 0 Å². The average molecular weight is 210 g/mol. The second kappa shape index (κ2) is 3.68. The van der Waals surface area contributed by atoms with E-state index in [9.17, 15) is 0 Å². The van der Waals surface area contributed by atoms with Crippen molar-refractivity contribution in [3.8, 4) is 0 Å². The smallest absolute Gasteiger partial charge is 0.406 e. The molecule has 0 aromatic carbocycles. The summed E-state index contributed by atoms with van der Waals surface area (Å²) in [5.41, 5.74) is 0.156. The molecule has 0 aliphatic carbocycles. The zero-order chi connectivity index (χ0) is 10.2. The summed E-state index contributed by atoms with van der Waals surface area (Å²) in [5, 5.41) is 0. The maximum atomic E-state index is 5.68. The van der Waals surface area contributed by atoms with E-state index in [1.54, 1.807) is 11.3 Å². The van der Waals surface area contributed by atoms with E-state index >= 15 is 0 Å². The molecular weight excluding hydrogens is 195 g/mol. The van der Waals surface area contributed by atoms with Crippen LogP contribution in [0.15, 0.2) is 12.1 Å². The summed E-state index contributed by atoms with van der Waals surface area (Å²) in [4.78, 5) is 1.30. The van der Waals surface area contributed by atoms with Crippen LogP contribution in [0.25, 0.3) is 0 Å². The maximum Gasteiger partial charge on any atom is 0.504 e. The second-order valence-electron chi connectivity index (χ2n) is 4.57. The molecule has 1 aliphatic rings. The molecule has 2 heterocycles. The Hall–Kier alpha value is -0.315. The number of aryl methyl sites for hydroxylation is 1. The molecule has 1 aromatic heterocycles. The number of rotatable bonds is 1. The molecule has 14 heavy (non-hydrogen) atoms. The predicted octanol–water partition coefficient (Wildman–Crippen LogP) is 1.82. The van der Waals surface area contributed by atoms with Gasteiger partial charge in [0.15, 0.2) is 0 Å². The molecule has 0 radical (unpaired) electrons. The van der Waals surface area contributed by atoms with Crippen LogP contribution in [0, 0.1) is 12.3 Å². The third kappa shape index (κ3) is 2.19. The van der Waals surface area contributed by atoms with Crippen LogP contribution in [0.1, 0.15) is 18.7 Å². The van der Waals surface area contributed by atoms with Gasteiger partial charge >= 0.3 is 7.12 Å². The molecule has 2 nitrogen and oxygen atoms in total. The highest BCUT2D eigenvalue weighted by Gasteiger charge is 2.34. The topological polar surface area (TPSA) is 18.5 Å². The standard InChI is InChI=1S/C10H15BO2S/c1-8-4-5-9(14-8)11-12-6-10(2,3)7-13-11/h4-5H,6-7H2,1-3H3. The third-order valence-electron chi connectivity index (χ3n) is 2.24. The van der Waals surface area contributed by atoms with Crippen molar-refractivity contribution in [2.24, 2.45) is 5.41 Å². The molecule has 0 bridgehead atoms. The van der Waals surface area contributed by atoms with Gasteiger partial charge in [0.25, 0.3) is 0 Å². The Labute approximate surface area is 89.4 Å². The van der Waals surface area contributed by atoms with E-state index in [0.29, 0.717) is 0 Å². The van der Waals surface area contributed by atoms with Crippen LogP contribution in [0.5, 0.6) is 0 Å². The van der Waals surface area contributed by atoms with E-state index in [1.165, 1.54) is 9.65 Å². The molecule has 0 amide bonds. The summed E-state index contributed by atoms with van der Waals surface area (Å²) in [5.74, 6) is 0. The van der Waals surface area contributed by atoms with E-state index in [4.69, 9.17) is 9.31 Å². The van der Waals surface area contributed by atoms with Crippen LogP contribution in [0.2, 0.25) is 0 Å². The van der Waals surface area contributed by atoms with Crippen molar-refractivity contribution in [1.82, 2.24) is 0 Å². The predicted molar refractivity (Wildman–Crippen MR) is 60.1 cm³/mol. The molecule has 1 aliphatic heterocycles. The first-order chi connectivity index (χ1) is 6.57. The fourth-order valence-corrected chi connectivity index (χ4v) is 2.31. The van der Waals surface area contributed by atoms with Gasteiger partial charge in [0, 0.05) is 28.3 Å². The molecule has 4 heteroatoms. The number of hydrogen-bond donors (Lipinski definition) is 0. The van der Waals surface area contributed by atoms with Crippen molar-refractivity contribution < 1.29 is 9.31 Å². The molecule has 0 N–H and O–H groups in total. The highest BCUT2D eigenvalue weighted by molar-refractivity contribution is 7.22. The van der Waals surface area contributed by atoms with E-state index in [0.717, 1.165) is 13.2 Å². The lowest BCUT2D eigenvalue weighted by Gasteiger charge is -2.32. The van der Waals surface area contributed by atoms with E-state index < -0.39 is 0 Å². The normalized spacial score (nSPS) is 21.2. The van der Waals surface area contributed by atoms with Gasteiger partial charge in [-0.3, -0.25) is 0 Å². The first-order valence-corrected chi connectivity index (χ1v) is 5.68. The summed E-state index contributed by atoms with van der Waals surface area (Å²) in [6, 6.07) is 4.19. The fourth-order valence-electron chi connectivity index (χ4n) is 1.44. The molecule has 1 saturated heterocycles. The van der Waals surface area contributed by atoms with Crippen molar-refractivity contribution in [2.45, 2.75) is 20.8 Å². The SMILES string of the molecule is Cc1ccc(B2OCC(C)(C)CO2)s1. The largest absolute Gasteiger partial charge is 0.504 e. The maximum absolute atomic E-state index is 5.68. The van der Waals surface area contributed by atoms with Crippen LogP contribution in [-0.4, -0.2) is 20.3 Å². The zero-order valence-electron chi connectivity index (χ0n) is 8.87. The lowest BCUT2D eigenvalue weighted by atomic mass is 9.82. The van der Waals surface area contributed by atoms with Crippen molar-refractivity contribution in [3.63, 3.8) is 0 Å². The zero-order valence-corrected chi connectivity index (χ0v) is 9.69. The second-order valence-corrected chi connectivity index (χ2v) is 5.89.